The van der Waals surface area contributed by atoms with Crippen LogP contribution in [0.15, 0.2) is 0 Å². The summed E-state index contributed by atoms with van der Waals surface area (Å²) in [4.78, 5) is 4.99. The van der Waals surface area contributed by atoms with E-state index in [1.807, 2.05) is 0 Å². The van der Waals surface area contributed by atoms with Gasteiger partial charge in [-0.2, -0.15) is 0 Å². The highest BCUT2D eigenvalue weighted by molar-refractivity contribution is 4.85. The molecule has 4 heteroatoms. The fraction of sp³-hybridized carbons (Fsp3) is 1.00. The van der Waals surface area contributed by atoms with Gasteiger partial charge in [0.1, 0.15) is 0 Å². The van der Waals surface area contributed by atoms with Crippen LogP contribution in [-0.2, 0) is 4.74 Å². The van der Waals surface area contributed by atoms with Crippen molar-refractivity contribution in [2.24, 2.45) is 5.92 Å². The van der Waals surface area contributed by atoms with Crippen molar-refractivity contribution < 1.29 is 4.74 Å². The second kappa shape index (κ2) is 7.02. The Labute approximate surface area is 118 Å². The van der Waals surface area contributed by atoms with Gasteiger partial charge in [-0.3, -0.25) is 4.90 Å². The molecule has 2 aliphatic rings. The summed E-state index contributed by atoms with van der Waals surface area (Å²) < 4.78 is 5.44. The molecule has 0 aliphatic carbocycles. The number of morpholine rings is 1. The van der Waals surface area contributed by atoms with E-state index in [4.69, 9.17) is 4.74 Å². The van der Waals surface area contributed by atoms with Gasteiger partial charge in [-0.15, -0.1) is 0 Å². The Morgan fingerprint density at radius 1 is 1.11 bits per heavy atom. The maximum Gasteiger partial charge on any atom is 0.0594 e. The molecule has 0 saturated carbocycles. The fourth-order valence-corrected chi connectivity index (χ4v) is 3.13. The molecule has 0 amide bonds. The zero-order valence-corrected chi connectivity index (χ0v) is 13.0. The van der Waals surface area contributed by atoms with Gasteiger partial charge in [0.2, 0.25) is 0 Å². The van der Waals surface area contributed by atoms with E-state index < -0.39 is 0 Å². The molecule has 0 radical (unpaired) electrons. The summed E-state index contributed by atoms with van der Waals surface area (Å²) in [6.45, 7) is 13.4. The summed E-state index contributed by atoms with van der Waals surface area (Å²) in [6.07, 6.45) is 2.70. The average molecular weight is 269 g/mol. The van der Waals surface area contributed by atoms with E-state index in [1.165, 1.54) is 32.5 Å². The van der Waals surface area contributed by atoms with E-state index >= 15 is 0 Å². The molecule has 0 aromatic rings. The summed E-state index contributed by atoms with van der Waals surface area (Å²) >= 11 is 0. The largest absolute Gasteiger partial charge is 0.379 e. The topological polar surface area (TPSA) is 27.7 Å². The summed E-state index contributed by atoms with van der Waals surface area (Å²) in [5.74, 6) is 0.872. The number of piperidine rings is 1. The quantitative estimate of drug-likeness (QED) is 0.807. The Morgan fingerprint density at radius 2 is 1.74 bits per heavy atom. The van der Waals surface area contributed by atoms with Crippen molar-refractivity contribution in [3.8, 4) is 0 Å². The van der Waals surface area contributed by atoms with Gasteiger partial charge in [0.15, 0.2) is 0 Å². The summed E-state index contributed by atoms with van der Waals surface area (Å²) in [7, 11) is 2.23. The number of hydrogen-bond acceptors (Lipinski definition) is 4. The van der Waals surface area contributed by atoms with Gasteiger partial charge < -0.3 is 15.0 Å². The number of likely N-dealkylation sites (tertiary alicyclic amines) is 1. The minimum Gasteiger partial charge on any atom is -0.379 e. The first-order valence-electron chi connectivity index (χ1n) is 7.80. The lowest BCUT2D eigenvalue weighted by Crippen LogP contribution is -2.55. The van der Waals surface area contributed by atoms with E-state index in [0.29, 0.717) is 0 Å². The lowest BCUT2D eigenvalue weighted by molar-refractivity contribution is -0.00992. The minimum absolute atomic E-state index is 0.245. The fourth-order valence-electron chi connectivity index (χ4n) is 3.13. The zero-order chi connectivity index (χ0) is 13.7. The van der Waals surface area contributed by atoms with Crippen LogP contribution in [-0.4, -0.2) is 74.9 Å². The normalized spacial score (nSPS) is 24.8. The van der Waals surface area contributed by atoms with Crippen molar-refractivity contribution in [1.82, 2.24) is 15.1 Å². The van der Waals surface area contributed by atoms with Gasteiger partial charge in [0.25, 0.3) is 0 Å². The predicted molar refractivity (Wildman–Crippen MR) is 79.6 cm³/mol. The van der Waals surface area contributed by atoms with Crippen molar-refractivity contribution in [1.29, 1.82) is 0 Å². The number of hydrogen-bond donors (Lipinski definition) is 1. The van der Waals surface area contributed by atoms with E-state index in [9.17, 15) is 0 Å². The molecule has 1 N–H and O–H groups in total. The predicted octanol–water partition coefficient (Wildman–Crippen LogP) is 1.03. The monoisotopic (exact) mass is 269 g/mol. The molecular weight excluding hydrogens is 238 g/mol. The summed E-state index contributed by atoms with van der Waals surface area (Å²) in [6, 6.07) is 0. The molecule has 0 aromatic carbocycles. The molecule has 2 rings (SSSR count). The number of rotatable bonds is 5. The Bertz CT molecular complexity index is 256. The number of nitrogens with zero attached hydrogens (tertiary/aromatic N) is 2. The van der Waals surface area contributed by atoms with Gasteiger partial charge in [0.05, 0.1) is 13.2 Å². The Balaban J connectivity index is 1.66. The SMILES string of the molecule is CN1CCC(CNCC(C)(C)N2CCOCC2)CC1. The first-order valence-corrected chi connectivity index (χ1v) is 7.80. The van der Waals surface area contributed by atoms with Crippen molar-refractivity contribution in [2.45, 2.75) is 32.2 Å². The molecule has 0 unspecified atom stereocenters. The molecule has 4 nitrogen and oxygen atoms in total. The van der Waals surface area contributed by atoms with Crippen molar-refractivity contribution in [3.63, 3.8) is 0 Å². The molecule has 2 saturated heterocycles. The molecule has 2 fully saturated rings. The van der Waals surface area contributed by atoms with Crippen LogP contribution in [0.5, 0.6) is 0 Å². The lowest BCUT2D eigenvalue weighted by Gasteiger charge is -2.41. The summed E-state index contributed by atoms with van der Waals surface area (Å²) in [5.41, 5.74) is 0.245. The molecule has 2 heterocycles. The third-order valence-corrected chi connectivity index (χ3v) is 4.70. The lowest BCUT2D eigenvalue weighted by atomic mass is 9.96. The molecule has 0 aromatic heterocycles. The van der Waals surface area contributed by atoms with E-state index in [2.05, 4.69) is 36.0 Å². The van der Waals surface area contributed by atoms with Gasteiger partial charge in [0, 0.05) is 25.2 Å². The third-order valence-electron chi connectivity index (χ3n) is 4.70. The van der Waals surface area contributed by atoms with Crippen LogP contribution in [0.1, 0.15) is 26.7 Å². The van der Waals surface area contributed by atoms with E-state index in [0.717, 1.165) is 38.8 Å². The number of ether oxygens (including phenoxy) is 1. The zero-order valence-electron chi connectivity index (χ0n) is 13.0. The summed E-state index contributed by atoms with van der Waals surface area (Å²) in [5, 5.41) is 3.71. The van der Waals surface area contributed by atoms with Gasteiger partial charge in [-0.05, 0) is 59.3 Å². The van der Waals surface area contributed by atoms with Gasteiger partial charge >= 0.3 is 0 Å². The van der Waals surface area contributed by atoms with Crippen LogP contribution in [0.2, 0.25) is 0 Å². The third kappa shape index (κ3) is 4.71. The maximum atomic E-state index is 5.44. The van der Waals surface area contributed by atoms with Crippen LogP contribution in [0.25, 0.3) is 0 Å². The molecule has 2 aliphatic heterocycles. The van der Waals surface area contributed by atoms with Crippen molar-refractivity contribution in [2.75, 3.05) is 59.5 Å². The molecule has 0 bridgehead atoms. The highest BCUT2D eigenvalue weighted by Crippen LogP contribution is 2.17. The molecular formula is C15H31N3O. The first-order chi connectivity index (χ1) is 9.08. The minimum atomic E-state index is 0.245. The molecule has 19 heavy (non-hydrogen) atoms. The second-order valence-corrected chi connectivity index (χ2v) is 6.79. The molecule has 0 spiro atoms. The van der Waals surface area contributed by atoms with Crippen LogP contribution < -0.4 is 5.32 Å². The van der Waals surface area contributed by atoms with Crippen LogP contribution in [0, 0.1) is 5.92 Å². The molecule has 0 atom stereocenters. The van der Waals surface area contributed by atoms with E-state index in [1.54, 1.807) is 0 Å². The standard InChI is InChI=1S/C15H31N3O/c1-15(2,18-8-10-19-11-9-18)13-16-12-14-4-6-17(3)7-5-14/h14,16H,4-13H2,1-3H3. The van der Waals surface area contributed by atoms with Crippen molar-refractivity contribution >= 4 is 0 Å². The Morgan fingerprint density at radius 3 is 2.37 bits per heavy atom. The van der Waals surface area contributed by atoms with Crippen LogP contribution in [0.3, 0.4) is 0 Å². The Kier molecular flexibility index (Phi) is 5.63. The average Bonchev–Trinajstić information content (AvgIpc) is 2.42. The highest BCUT2D eigenvalue weighted by Gasteiger charge is 2.28. The van der Waals surface area contributed by atoms with E-state index in [-0.39, 0.29) is 5.54 Å². The van der Waals surface area contributed by atoms with Gasteiger partial charge in [-0.25, -0.2) is 0 Å². The van der Waals surface area contributed by atoms with Gasteiger partial charge in [-0.1, -0.05) is 0 Å². The van der Waals surface area contributed by atoms with Crippen LogP contribution in [0.4, 0.5) is 0 Å². The second-order valence-electron chi connectivity index (χ2n) is 6.79. The number of nitrogens with one attached hydrogen (secondary N) is 1. The Hall–Kier alpha value is -0.160. The van der Waals surface area contributed by atoms with Crippen molar-refractivity contribution in [3.05, 3.63) is 0 Å². The van der Waals surface area contributed by atoms with Crippen LogP contribution >= 0.6 is 0 Å². The highest BCUT2D eigenvalue weighted by atomic mass is 16.5. The smallest absolute Gasteiger partial charge is 0.0594 e. The molecule has 112 valence electrons. The maximum absolute atomic E-state index is 5.44. The first kappa shape index (κ1) is 15.2.